The van der Waals surface area contributed by atoms with Crippen molar-refractivity contribution in [3.63, 3.8) is 0 Å². The molecule has 0 amide bonds. The van der Waals surface area contributed by atoms with Gasteiger partial charge in [-0.1, -0.05) is 12.1 Å². The molecule has 0 spiro atoms. The Morgan fingerprint density at radius 1 is 1.26 bits per heavy atom. The average Bonchev–Trinajstić information content (AvgIpc) is 3.22. The fraction of sp³-hybridized carbons (Fsp3) is 0.333. The average molecular weight is 419 g/mol. The summed E-state index contributed by atoms with van der Waals surface area (Å²) in [5.41, 5.74) is 4.08. The summed E-state index contributed by atoms with van der Waals surface area (Å²) < 4.78 is 6.89. The van der Waals surface area contributed by atoms with Gasteiger partial charge in [-0.05, 0) is 55.2 Å². The molecule has 1 aliphatic heterocycles. The highest BCUT2D eigenvalue weighted by molar-refractivity contribution is 5.94. The van der Waals surface area contributed by atoms with Gasteiger partial charge in [0, 0.05) is 36.3 Å². The third-order valence-corrected chi connectivity index (χ3v) is 6.10. The maximum absolute atomic E-state index is 11.7. The number of aryl methyl sites for hydroxylation is 1. The number of hydrogen-bond donors (Lipinski definition) is 2. The van der Waals surface area contributed by atoms with E-state index in [1.54, 1.807) is 13.3 Å². The van der Waals surface area contributed by atoms with Crippen molar-refractivity contribution >= 4 is 17.0 Å². The molecule has 1 aliphatic rings. The number of carboxylic acid groups (broad SMARTS) is 1. The fourth-order valence-corrected chi connectivity index (χ4v) is 4.62. The Morgan fingerprint density at radius 2 is 2.00 bits per heavy atom. The van der Waals surface area contributed by atoms with Crippen molar-refractivity contribution in [2.45, 2.75) is 38.5 Å². The molecule has 2 unspecified atom stereocenters. The van der Waals surface area contributed by atoms with Crippen LogP contribution in [0.5, 0.6) is 5.75 Å². The van der Waals surface area contributed by atoms with E-state index >= 15 is 0 Å². The zero-order chi connectivity index (χ0) is 22.1. The predicted octanol–water partition coefficient (Wildman–Crippen LogP) is 4.05. The van der Waals surface area contributed by atoms with E-state index in [0.29, 0.717) is 36.3 Å². The number of methoxy groups -OCH3 is 1. The van der Waals surface area contributed by atoms with Gasteiger partial charge in [-0.2, -0.15) is 5.26 Å². The molecule has 7 nitrogen and oxygen atoms in total. The Labute approximate surface area is 180 Å². The first-order valence-corrected chi connectivity index (χ1v) is 10.3. The number of carbonyl (C=O) groups is 1. The number of aliphatic hydroxyl groups excluding tert-OH is 1. The number of aliphatic hydroxyl groups is 1. The van der Waals surface area contributed by atoms with Crippen molar-refractivity contribution in [2.24, 2.45) is 0 Å². The summed E-state index contributed by atoms with van der Waals surface area (Å²) in [5, 5.41) is 29.9. The molecule has 0 bridgehead atoms. The molecule has 1 aromatic heterocycles. The van der Waals surface area contributed by atoms with Crippen LogP contribution in [0.25, 0.3) is 10.9 Å². The normalized spacial score (nSPS) is 19.3. The lowest BCUT2D eigenvalue weighted by molar-refractivity contribution is 0.0295. The standard InChI is InChI=1S/C24H25N3O4/c1-15-11-22(31-2)20(19-9-10-27(23(15)19)24(29)30)14-26-13-18(28)7-8-21(26)17-5-3-16(12-25)4-6-17/h3-6,9-11,18,21,28H,7-8,13-14H2,1-2H3,(H,29,30). The second-order valence-corrected chi connectivity index (χ2v) is 8.02. The van der Waals surface area contributed by atoms with Crippen molar-refractivity contribution in [3.8, 4) is 11.8 Å². The molecule has 7 heteroatoms. The lowest BCUT2D eigenvalue weighted by Gasteiger charge is -2.38. The van der Waals surface area contributed by atoms with Crippen LogP contribution in [0.1, 0.15) is 41.1 Å². The van der Waals surface area contributed by atoms with Gasteiger partial charge in [-0.15, -0.1) is 0 Å². The molecule has 2 aromatic carbocycles. The second kappa shape index (κ2) is 8.42. The van der Waals surface area contributed by atoms with Crippen LogP contribution in [0.2, 0.25) is 0 Å². The number of nitriles is 1. The zero-order valence-corrected chi connectivity index (χ0v) is 17.6. The minimum atomic E-state index is -1.03. The highest BCUT2D eigenvalue weighted by atomic mass is 16.5. The summed E-state index contributed by atoms with van der Waals surface area (Å²) in [5.74, 6) is 0.701. The van der Waals surface area contributed by atoms with Gasteiger partial charge in [-0.3, -0.25) is 9.47 Å². The topological polar surface area (TPSA) is 98.7 Å². The van der Waals surface area contributed by atoms with Crippen molar-refractivity contribution in [3.05, 3.63) is 64.8 Å². The van der Waals surface area contributed by atoms with Crippen LogP contribution in [0.4, 0.5) is 4.79 Å². The van der Waals surface area contributed by atoms with Crippen molar-refractivity contribution in [1.82, 2.24) is 9.47 Å². The number of piperidine rings is 1. The Hall–Kier alpha value is -3.34. The quantitative estimate of drug-likeness (QED) is 0.662. The molecule has 0 saturated carbocycles. The third kappa shape index (κ3) is 3.88. The van der Waals surface area contributed by atoms with Gasteiger partial charge in [0.1, 0.15) is 5.75 Å². The van der Waals surface area contributed by atoms with Crippen LogP contribution in [0.3, 0.4) is 0 Å². The molecule has 0 radical (unpaired) electrons. The summed E-state index contributed by atoms with van der Waals surface area (Å²) in [6.07, 6.45) is 1.60. The first-order valence-electron chi connectivity index (χ1n) is 10.3. The van der Waals surface area contributed by atoms with Gasteiger partial charge in [0.15, 0.2) is 0 Å². The molecule has 0 aliphatic carbocycles. The number of fused-ring (bicyclic) bond motifs is 1. The number of β-amino-alcohol motifs (C(OH)–C–C–N with tert-alkyl or cyclic N) is 1. The summed E-state index contributed by atoms with van der Waals surface area (Å²) in [6.45, 7) is 2.88. The zero-order valence-electron chi connectivity index (χ0n) is 17.6. The number of ether oxygens (including phenoxy) is 1. The molecule has 1 saturated heterocycles. The Kier molecular flexibility index (Phi) is 5.68. The monoisotopic (exact) mass is 419 g/mol. The molecular formula is C24H25N3O4. The van der Waals surface area contributed by atoms with Crippen LogP contribution in [0, 0.1) is 18.3 Å². The van der Waals surface area contributed by atoms with Crippen molar-refractivity contribution < 1.29 is 19.7 Å². The maximum atomic E-state index is 11.7. The summed E-state index contributed by atoms with van der Waals surface area (Å²) >= 11 is 0. The fourth-order valence-electron chi connectivity index (χ4n) is 4.62. The van der Waals surface area contributed by atoms with E-state index < -0.39 is 12.2 Å². The van der Waals surface area contributed by atoms with E-state index in [1.807, 2.05) is 43.3 Å². The largest absolute Gasteiger partial charge is 0.496 e. The summed E-state index contributed by atoms with van der Waals surface area (Å²) in [7, 11) is 1.61. The number of hydrogen-bond acceptors (Lipinski definition) is 5. The first-order chi connectivity index (χ1) is 14.9. The predicted molar refractivity (Wildman–Crippen MR) is 116 cm³/mol. The molecule has 2 atom stereocenters. The minimum Gasteiger partial charge on any atom is -0.496 e. The highest BCUT2D eigenvalue weighted by Crippen LogP contribution is 2.37. The van der Waals surface area contributed by atoms with Crippen LogP contribution < -0.4 is 4.74 Å². The number of rotatable bonds is 4. The molecule has 4 rings (SSSR count). The van der Waals surface area contributed by atoms with Gasteiger partial charge in [0.05, 0.1) is 30.4 Å². The number of aromatic nitrogens is 1. The van der Waals surface area contributed by atoms with Gasteiger partial charge < -0.3 is 14.9 Å². The van der Waals surface area contributed by atoms with E-state index in [9.17, 15) is 15.0 Å². The Bertz CT molecular complexity index is 1160. The van der Waals surface area contributed by atoms with Crippen molar-refractivity contribution in [2.75, 3.05) is 13.7 Å². The van der Waals surface area contributed by atoms with Crippen LogP contribution in [-0.4, -0.2) is 45.5 Å². The maximum Gasteiger partial charge on any atom is 0.416 e. The molecule has 31 heavy (non-hydrogen) atoms. The van der Waals surface area contributed by atoms with Crippen LogP contribution >= 0.6 is 0 Å². The lowest BCUT2D eigenvalue weighted by atomic mass is 9.92. The third-order valence-electron chi connectivity index (χ3n) is 6.10. The van der Waals surface area contributed by atoms with Gasteiger partial charge in [0.2, 0.25) is 0 Å². The highest BCUT2D eigenvalue weighted by Gasteiger charge is 2.30. The van der Waals surface area contributed by atoms with E-state index in [4.69, 9.17) is 10.00 Å². The number of benzene rings is 2. The molecule has 160 valence electrons. The Balaban J connectivity index is 1.77. The van der Waals surface area contributed by atoms with E-state index in [1.165, 1.54) is 4.57 Å². The smallest absolute Gasteiger partial charge is 0.416 e. The molecular weight excluding hydrogens is 394 g/mol. The first kappa shape index (κ1) is 20.9. The molecule has 3 aromatic rings. The second-order valence-electron chi connectivity index (χ2n) is 8.02. The molecule has 2 heterocycles. The van der Waals surface area contributed by atoms with Gasteiger partial charge >= 0.3 is 6.09 Å². The molecule has 2 N–H and O–H groups in total. The van der Waals surface area contributed by atoms with Crippen LogP contribution in [-0.2, 0) is 6.54 Å². The Morgan fingerprint density at radius 3 is 2.65 bits per heavy atom. The van der Waals surface area contributed by atoms with Gasteiger partial charge in [-0.25, -0.2) is 4.79 Å². The van der Waals surface area contributed by atoms with Crippen LogP contribution in [0.15, 0.2) is 42.6 Å². The summed E-state index contributed by atoms with van der Waals surface area (Å²) in [4.78, 5) is 13.9. The number of nitrogens with zero attached hydrogens (tertiary/aromatic N) is 3. The minimum absolute atomic E-state index is 0.0822. The number of likely N-dealkylation sites (tertiary alicyclic amines) is 1. The van der Waals surface area contributed by atoms with E-state index in [-0.39, 0.29) is 6.04 Å². The van der Waals surface area contributed by atoms with E-state index in [0.717, 1.165) is 28.5 Å². The SMILES string of the molecule is COc1cc(C)c2c(ccn2C(=O)O)c1CN1CC(O)CCC1c1ccc(C#N)cc1. The van der Waals surface area contributed by atoms with E-state index in [2.05, 4.69) is 11.0 Å². The lowest BCUT2D eigenvalue weighted by Crippen LogP contribution is -2.40. The molecule has 1 fully saturated rings. The summed E-state index contributed by atoms with van der Waals surface area (Å²) in [6, 6.07) is 13.5. The van der Waals surface area contributed by atoms with Gasteiger partial charge in [0.25, 0.3) is 0 Å². The van der Waals surface area contributed by atoms with Crippen molar-refractivity contribution in [1.29, 1.82) is 5.26 Å².